The van der Waals surface area contributed by atoms with E-state index in [-0.39, 0.29) is 11.8 Å². The summed E-state index contributed by atoms with van der Waals surface area (Å²) in [7, 11) is 1.80. The topological polar surface area (TPSA) is 40.5 Å². The molecule has 1 rings (SSSR count). The van der Waals surface area contributed by atoms with Gasteiger partial charge in [-0.3, -0.25) is 4.79 Å². The van der Waals surface area contributed by atoms with Gasteiger partial charge in [0, 0.05) is 19.5 Å². The first-order chi connectivity index (χ1) is 7.36. The van der Waals surface area contributed by atoms with Gasteiger partial charge in [0.25, 0.3) is 0 Å². The van der Waals surface area contributed by atoms with E-state index in [1.165, 1.54) is 0 Å². The number of hydrogen-bond donors (Lipinski definition) is 1. The zero-order chi connectivity index (χ0) is 12.3. The molecule has 0 saturated heterocycles. The lowest BCUT2D eigenvalue weighted by molar-refractivity contribution is -0.138. The summed E-state index contributed by atoms with van der Waals surface area (Å²) in [6, 6.07) is 0. The second-order valence-corrected chi connectivity index (χ2v) is 5.66. The highest BCUT2D eigenvalue weighted by Gasteiger charge is 2.34. The Morgan fingerprint density at radius 3 is 2.25 bits per heavy atom. The first kappa shape index (κ1) is 13.5. The van der Waals surface area contributed by atoms with Crippen molar-refractivity contribution < 1.29 is 9.90 Å². The smallest absolute Gasteiger partial charge is 0.225 e. The standard InChI is InChI=1S/C13H25NO2/c1-10(2)11(3)12(15)14(4)9-13(16)7-5-6-8-13/h10-11,16H,5-9H2,1-4H3. The molecule has 3 heteroatoms. The summed E-state index contributed by atoms with van der Waals surface area (Å²) in [5.41, 5.74) is -0.624. The summed E-state index contributed by atoms with van der Waals surface area (Å²) in [5.74, 6) is 0.540. The van der Waals surface area contributed by atoms with Gasteiger partial charge in [0.05, 0.1) is 5.60 Å². The molecule has 3 nitrogen and oxygen atoms in total. The average molecular weight is 227 g/mol. The van der Waals surface area contributed by atoms with Gasteiger partial charge >= 0.3 is 0 Å². The minimum Gasteiger partial charge on any atom is -0.388 e. The van der Waals surface area contributed by atoms with Crippen molar-refractivity contribution in [3.8, 4) is 0 Å². The van der Waals surface area contributed by atoms with Gasteiger partial charge in [-0.25, -0.2) is 0 Å². The normalized spacial score (nSPS) is 21.1. The van der Waals surface area contributed by atoms with Crippen molar-refractivity contribution in [2.75, 3.05) is 13.6 Å². The predicted molar refractivity (Wildman–Crippen MR) is 65.1 cm³/mol. The van der Waals surface area contributed by atoms with E-state index in [0.717, 1.165) is 25.7 Å². The fourth-order valence-corrected chi connectivity index (χ4v) is 2.34. The molecule has 0 aliphatic heterocycles. The van der Waals surface area contributed by atoms with Crippen molar-refractivity contribution in [1.29, 1.82) is 0 Å². The van der Waals surface area contributed by atoms with Crippen LogP contribution < -0.4 is 0 Å². The molecule has 0 aromatic heterocycles. The van der Waals surface area contributed by atoms with Crippen LogP contribution in [0.3, 0.4) is 0 Å². The molecule has 1 atom stereocenters. The Balaban J connectivity index is 2.51. The number of hydrogen-bond acceptors (Lipinski definition) is 2. The quantitative estimate of drug-likeness (QED) is 0.798. The maximum atomic E-state index is 12.0. The Bertz CT molecular complexity index is 244. The van der Waals surface area contributed by atoms with Gasteiger partial charge in [0.15, 0.2) is 0 Å². The van der Waals surface area contributed by atoms with Crippen LogP contribution in [-0.4, -0.2) is 35.1 Å². The first-order valence-corrected chi connectivity index (χ1v) is 6.33. The van der Waals surface area contributed by atoms with E-state index >= 15 is 0 Å². The van der Waals surface area contributed by atoms with Crippen LogP contribution in [0.15, 0.2) is 0 Å². The lowest BCUT2D eigenvalue weighted by atomic mass is 9.95. The third kappa shape index (κ3) is 3.21. The highest BCUT2D eigenvalue weighted by atomic mass is 16.3. The van der Waals surface area contributed by atoms with E-state index in [1.54, 1.807) is 11.9 Å². The molecule has 1 fully saturated rings. The van der Waals surface area contributed by atoms with Gasteiger partial charge in [-0.2, -0.15) is 0 Å². The van der Waals surface area contributed by atoms with E-state index in [4.69, 9.17) is 0 Å². The Labute approximate surface area is 98.8 Å². The number of carbonyl (C=O) groups excluding carboxylic acids is 1. The number of rotatable bonds is 4. The zero-order valence-electron chi connectivity index (χ0n) is 11.0. The van der Waals surface area contributed by atoms with E-state index < -0.39 is 5.60 Å². The minimum atomic E-state index is -0.624. The molecule has 0 spiro atoms. The van der Waals surface area contributed by atoms with Crippen LogP contribution in [-0.2, 0) is 4.79 Å². The van der Waals surface area contributed by atoms with Crippen molar-refractivity contribution in [3.63, 3.8) is 0 Å². The van der Waals surface area contributed by atoms with E-state index in [1.807, 2.05) is 6.92 Å². The monoisotopic (exact) mass is 227 g/mol. The molecule has 1 aliphatic carbocycles. The molecule has 1 saturated carbocycles. The third-order valence-corrected chi connectivity index (χ3v) is 3.83. The summed E-state index contributed by atoms with van der Waals surface area (Å²) < 4.78 is 0. The van der Waals surface area contributed by atoms with Crippen LogP contribution in [0.4, 0.5) is 0 Å². The molecular formula is C13H25NO2. The van der Waals surface area contributed by atoms with Gasteiger partial charge in [0.2, 0.25) is 5.91 Å². The molecule has 0 heterocycles. The summed E-state index contributed by atoms with van der Waals surface area (Å²) in [6.07, 6.45) is 3.83. The first-order valence-electron chi connectivity index (χ1n) is 6.33. The fourth-order valence-electron chi connectivity index (χ4n) is 2.34. The Hall–Kier alpha value is -0.570. The minimum absolute atomic E-state index is 0.0370. The number of nitrogens with zero attached hydrogens (tertiary/aromatic N) is 1. The van der Waals surface area contributed by atoms with Gasteiger partial charge in [0.1, 0.15) is 0 Å². The summed E-state index contributed by atoms with van der Waals surface area (Å²) >= 11 is 0. The average Bonchev–Trinajstić information content (AvgIpc) is 2.62. The second kappa shape index (κ2) is 5.17. The fraction of sp³-hybridized carbons (Fsp3) is 0.923. The molecule has 16 heavy (non-hydrogen) atoms. The summed E-state index contributed by atoms with van der Waals surface area (Å²) in [4.78, 5) is 13.7. The van der Waals surface area contributed by atoms with Crippen molar-refractivity contribution in [1.82, 2.24) is 4.90 Å². The zero-order valence-corrected chi connectivity index (χ0v) is 11.0. The van der Waals surface area contributed by atoms with Crippen molar-refractivity contribution in [3.05, 3.63) is 0 Å². The highest BCUT2D eigenvalue weighted by molar-refractivity contribution is 5.78. The van der Waals surface area contributed by atoms with Crippen LogP contribution >= 0.6 is 0 Å². The lowest BCUT2D eigenvalue weighted by Crippen LogP contribution is -2.44. The predicted octanol–water partition coefficient (Wildman–Crippen LogP) is 2.04. The maximum absolute atomic E-state index is 12.0. The van der Waals surface area contributed by atoms with E-state index in [2.05, 4.69) is 13.8 Å². The number of likely N-dealkylation sites (N-methyl/N-ethyl adjacent to an activating group) is 1. The third-order valence-electron chi connectivity index (χ3n) is 3.83. The molecule has 1 amide bonds. The second-order valence-electron chi connectivity index (χ2n) is 5.66. The largest absolute Gasteiger partial charge is 0.388 e. The van der Waals surface area contributed by atoms with Crippen LogP contribution in [0.1, 0.15) is 46.5 Å². The SMILES string of the molecule is CC(C)C(C)C(=O)N(C)CC1(O)CCCC1. The molecule has 94 valence electrons. The van der Waals surface area contributed by atoms with Crippen LogP contribution in [0.5, 0.6) is 0 Å². The van der Waals surface area contributed by atoms with Gasteiger partial charge < -0.3 is 10.0 Å². The van der Waals surface area contributed by atoms with Crippen LogP contribution in [0.2, 0.25) is 0 Å². The molecule has 0 radical (unpaired) electrons. The van der Waals surface area contributed by atoms with Gasteiger partial charge in [-0.05, 0) is 18.8 Å². The Morgan fingerprint density at radius 2 is 1.81 bits per heavy atom. The molecule has 0 aromatic carbocycles. The van der Waals surface area contributed by atoms with Gasteiger partial charge in [-0.1, -0.05) is 33.6 Å². The van der Waals surface area contributed by atoms with Crippen LogP contribution in [0, 0.1) is 11.8 Å². The summed E-state index contributed by atoms with van der Waals surface area (Å²) in [6.45, 7) is 6.56. The van der Waals surface area contributed by atoms with E-state index in [0.29, 0.717) is 12.5 Å². The number of carbonyl (C=O) groups is 1. The number of aliphatic hydroxyl groups is 1. The molecule has 1 unspecified atom stereocenters. The van der Waals surface area contributed by atoms with Crippen LogP contribution in [0.25, 0.3) is 0 Å². The molecular weight excluding hydrogens is 202 g/mol. The molecule has 1 N–H and O–H groups in total. The van der Waals surface area contributed by atoms with E-state index in [9.17, 15) is 9.90 Å². The Kier molecular flexibility index (Phi) is 4.36. The lowest BCUT2D eigenvalue weighted by Gasteiger charge is -2.31. The summed E-state index contributed by atoms with van der Waals surface area (Å²) in [5, 5.41) is 10.2. The van der Waals surface area contributed by atoms with Crippen molar-refractivity contribution in [2.45, 2.75) is 52.1 Å². The van der Waals surface area contributed by atoms with Gasteiger partial charge in [-0.15, -0.1) is 0 Å². The highest BCUT2D eigenvalue weighted by Crippen LogP contribution is 2.30. The molecule has 0 aromatic rings. The molecule has 1 aliphatic rings. The van der Waals surface area contributed by atoms with Crippen molar-refractivity contribution >= 4 is 5.91 Å². The van der Waals surface area contributed by atoms with Crippen molar-refractivity contribution in [2.24, 2.45) is 11.8 Å². The molecule has 0 bridgehead atoms. The Morgan fingerprint density at radius 1 is 1.31 bits per heavy atom. The number of amides is 1. The maximum Gasteiger partial charge on any atom is 0.225 e.